The van der Waals surface area contributed by atoms with Gasteiger partial charge in [0, 0.05) is 23.0 Å². The van der Waals surface area contributed by atoms with E-state index in [0.717, 1.165) is 39.4 Å². The Hall–Kier alpha value is -2.79. The second-order valence-electron chi connectivity index (χ2n) is 6.05. The van der Waals surface area contributed by atoms with Crippen LogP contribution in [0.1, 0.15) is 11.3 Å². The van der Waals surface area contributed by atoms with Gasteiger partial charge in [-0.25, -0.2) is 0 Å². The fraction of sp³-hybridized carbons (Fsp3) is 0.0952. The summed E-state index contributed by atoms with van der Waals surface area (Å²) in [5, 5.41) is 0. The quantitative estimate of drug-likeness (QED) is 0.586. The maximum Gasteiger partial charge on any atom is 0.144 e. The standard InChI is InChI=1S/C21H18BrN3O/c1-26-21-13-19(17-3-2-9-23-17)25-20(21)12-18-15(8-10-24-18)11-14-4-6-16(22)7-5-14/h2-10,12-13,23,25H,11H2,1H3. The zero-order valence-electron chi connectivity index (χ0n) is 14.3. The molecule has 1 aliphatic rings. The molecule has 4 rings (SSSR count). The van der Waals surface area contributed by atoms with E-state index in [0.29, 0.717) is 0 Å². The zero-order chi connectivity index (χ0) is 17.9. The Labute approximate surface area is 160 Å². The number of rotatable bonds is 5. The summed E-state index contributed by atoms with van der Waals surface area (Å²) < 4.78 is 6.62. The van der Waals surface area contributed by atoms with E-state index in [1.807, 2.05) is 36.7 Å². The van der Waals surface area contributed by atoms with Crippen molar-refractivity contribution >= 4 is 28.2 Å². The Morgan fingerprint density at radius 3 is 2.73 bits per heavy atom. The number of allylic oxidation sites excluding steroid dienone is 2. The number of aliphatic imine (C=N–C) groups is 1. The number of aromatic nitrogens is 2. The van der Waals surface area contributed by atoms with Gasteiger partial charge in [0.2, 0.25) is 0 Å². The van der Waals surface area contributed by atoms with Gasteiger partial charge in [0.1, 0.15) is 5.75 Å². The van der Waals surface area contributed by atoms with Gasteiger partial charge in [-0.15, -0.1) is 0 Å². The highest BCUT2D eigenvalue weighted by atomic mass is 79.9. The number of ether oxygens (including phenoxy) is 1. The first kappa shape index (κ1) is 16.7. The van der Waals surface area contributed by atoms with E-state index in [9.17, 15) is 0 Å². The van der Waals surface area contributed by atoms with E-state index in [-0.39, 0.29) is 0 Å². The Balaban J connectivity index is 1.62. The molecule has 2 aromatic heterocycles. The Bertz CT molecular complexity index is 993. The Kier molecular flexibility index (Phi) is 4.63. The third kappa shape index (κ3) is 3.44. The summed E-state index contributed by atoms with van der Waals surface area (Å²) in [4.78, 5) is 11.1. The molecule has 0 saturated carbocycles. The van der Waals surface area contributed by atoms with E-state index in [1.165, 1.54) is 11.1 Å². The highest BCUT2D eigenvalue weighted by Gasteiger charge is 2.14. The highest BCUT2D eigenvalue weighted by molar-refractivity contribution is 9.10. The molecular formula is C21H18BrN3O. The van der Waals surface area contributed by atoms with Crippen LogP contribution in [0.2, 0.25) is 0 Å². The van der Waals surface area contributed by atoms with Crippen LogP contribution >= 0.6 is 15.9 Å². The SMILES string of the molecule is COc1cc(-c2ccc[nH]2)[nH]c1C=C1N=CC=C1Cc1ccc(Br)cc1. The molecule has 2 N–H and O–H groups in total. The smallest absolute Gasteiger partial charge is 0.144 e. The average Bonchev–Trinajstić information content (AvgIpc) is 3.38. The van der Waals surface area contributed by atoms with Gasteiger partial charge in [0.05, 0.1) is 29.9 Å². The molecule has 1 aliphatic heterocycles. The largest absolute Gasteiger partial charge is 0.494 e. The number of H-pyrrole nitrogens is 2. The van der Waals surface area contributed by atoms with Crippen LogP contribution in [0.3, 0.4) is 0 Å². The maximum atomic E-state index is 5.53. The fourth-order valence-corrected chi connectivity index (χ4v) is 3.25. The first-order valence-electron chi connectivity index (χ1n) is 8.33. The van der Waals surface area contributed by atoms with Crippen molar-refractivity contribution in [1.29, 1.82) is 0 Å². The molecule has 0 fully saturated rings. The molecular weight excluding hydrogens is 390 g/mol. The van der Waals surface area contributed by atoms with Crippen LogP contribution in [-0.2, 0) is 6.42 Å². The molecule has 0 spiro atoms. The first-order valence-corrected chi connectivity index (χ1v) is 9.13. The lowest BCUT2D eigenvalue weighted by atomic mass is 10.0. The third-order valence-corrected chi connectivity index (χ3v) is 4.85. The minimum atomic E-state index is 0.798. The summed E-state index contributed by atoms with van der Waals surface area (Å²) in [5.74, 6) is 0.798. The van der Waals surface area contributed by atoms with Crippen LogP contribution in [0.25, 0.3) is 17.5 Å². The molecule has 3 aromatic rings. The lowest BCUT2D eigenvalue weighted by Crippen LogP contribution is -1.92. The van der Waals surface area contributed by atoms with Crippen molar-refractivity contribution in [3.63, 3.8) is 0 Å². The van der Waals surface area contributed by atoms with Crippen LogP contribution in [-0.4, -0.2) is 23.3 Å². The van der Waals surface area contributed by atoms with Crippen LogP contribution in [0.4, 0.5) is 0 Å². The number of aromatic amines is 2. The molecule has 0 saturated heterocycles. The van der Waals surface area contributed by atoms with Crippen LogP contribution in [0, 0.1) is 0 Å². The number of methoxy groups -OCH3 is 1. The molecule has 1 aromatic carbocycles. The predicted molar refractivity (Wildman–Crippen MR) is 110 cm³/mol. The number of benzene rings is 1. The van der Waals surface area contributed by atoms with Crippen LogP contribution in [0.15, 0.2) is 75.5 Å². The number of nitrogens with one attached hydrogen (secondary N) is 2. The van der Waals surface area contributed by atoms with Gasteiger partial charge < -0.3 is 14.7 Å². The van der Waals surface area contributed by atoms with Gasteiger partial charge in [-0.2, -0.15) is 0 Å². The molecule has 0 bridgehead atoms. The van der Waals surface area contributed by atoms with Gasteiger partial charge in [0.25, 0.3) is 0 Å². The van der Waals surface area contributed by atoms with E-state index in [2.05, 4.69) is 61.2 Å². The zero-order valence-corrected chi connectivity index (χ0v) is 15.9. The van der Waals surface area contributed by atoms with Crippen molar-refractivity contribution in [3.8, 4) is 17.1 Å². The topological polar surface area (TPSA) is 53.2 Å². The fourth-order valence-electron chi connectivity index (χ4n) is 2.98. The predicted octanol–water partition coefficient (Wildman–Crippen LogP) is 5.38. The molecule has 0 amide bonds. The molecule has 0 unspecified atom stereocenters. The van der Waals surface area contributed by atoms with Gasteiger partial charge in [-0.05, 0) is 54.0 Å². The molecule has 4 nitrogen and oxygen atoms in total. The summed E-state index contributed by atoms with van der Waals surface area (Å²) in [6.45, 7) is 0. The molecule has 130 valence electrons. The van der Waals surface area contributed by atoms with Crippen molar-refractivity contribution in [2.45, 2.75) is 6.42 Å². The molecule has 0 aliphatic carbocycles. The van der Waals surface area contributed by atoms with Crippen molar-refractivity contribution < 1.29 is 4.74 Å². The van der Waals surface area contributed by atoms with Gasteiger partial charge in [-0.1, -0.05) is 28.1 Å². The second kappa shape index (κ2) is 7.22. The van der Waals surface area contributed by atoms with E-state index in [1.54, 1.807) is 7.11 Å². The summed E-state index contributed by atoms with van der Waals surface area (Å²) in [7, 11) is 1.68. The maximum absolute atomic E-state index is 5.53. The van der Waals surface area contributed by atoms with Crippen molar-refractivity contribution in [1.82, 2.24) is 9.97 Å². The minimum absolute atomic E-state index is 0.798. The van der Waals surface area contributed by atoms with Crippen molar-refractivity contribution in [2.75, 3.05) is 7.11 Å². The summed E-state index contributed by atoms with van der Waals surface area (Å²) in [6.07, 6.45) is 8.70. The second-order valence-corrected chi connectivity index (χ2v) is 6.97. The molecule has 3 heterocycles. The monoisotopic (exact) mass is 407 g/mol. The highest BCUT2D eigenvalue weighted by Crippen LogP contribution is 2.31. The molecule has 0 atom stereocenters. The average molecular weight is 408 g/mol. The van der Waals surface area contributed by atoms with Crippen LogP contribution in [0.5, 0.6) is 5.75 Å². The van der Waals surface area contributed by atoms with Crippen molar-refractivity contribution in [3.05, 3.63) is 81.7 Å². The van der Waals surface area contributed by atoms with Crippen LogP contribution < -0.4 is 4.74 Å². The lowest BCUT2D eigenvalue weighted by Gasteiger charge is -2.05. The number of halogens is 1. The normalized spacial score (nSPS) is 14.8. The number of hydrogen-bond donors (Lipinski definition) is 2. The summed E-state index contributed by atoms with van der Waals surface area (Å²) in [6, 6.07) is 14.4. The van der Waals surface area contributed by atoms with Crippen molar-refractivity contribution in [2.24, 2.45) is 4.99 Å². The first-order chi connectivity index (χ1) is 12.7. The number of hydrogen-bond acceptors (Lipinski definition) is 2. The summed E-state index contributed by atoms with van der Waals surface area (Å²) in [5.41, 5.74) is 6.30. The number of nitrogens with zero attached hydrogens (tertiary/aromatic N) is 1. The van der Waals surface area contributed by atoms with Gasteiger partial charge >= 0.3 is 0 Å². The molecule has 5 heteroatoms. The van der Waals surface area contributed by atoms with E-state index in [4.69, 9.17) is 4.74 Å². The summed E-state index contributed by atoms with van der Waals surface area (Å²) >= 11 is 3.48. The van der Waals surface area contributed by atoms with E-state index < -0.39 is 0 Å². The molecule has 26 heavy (non-hydrogen) atoms. The van der Waals surface area contributed by atoms with E-state index >= 15 is 0 Å². The molecule has 0 radical (unpaired) electrons. The minimum Gasteiger partial charge on any atom is -0.494 e. The third-order valence-electron chi connectivity index (χ3n) is 4.33. The Morgan fingerprint density at radius 1 is 1.15 bits per heavy atom. The van der Waals surface area contributed by atoms with Gasteiger partial charge in [0.15, 0.2) is 0 Å². The lowest BCUT2D eigenvalue weighted by molar-refractivity contribution is 0.414. The van der Waals surface area contributed by atoms with Gasteiger partial charge in [-0.3, -0.25) is 4.99 Å². The Morgan fingerprint density at radius 2 is 2.00 bits per heavy atom.